The fourth-order valence-electron chi connectivity index (χ4n) is 2.32. The molecule has 1 saturated carbocycles. The number of halogens is 2. The van der Waals surface area contributed by atoms with E-state index >= 15 is 0 Å². The maximum absolute atomic E-state index is 12.1. The normalized spacial score (nSPS) is 16.5. The Hall–Kier alpha value is -1.07. The summed E-state index contributed by atoms with van der Waals surface area (Å²) in [5, 5.41) is 3.20. The third-order valence-corrected chi connectivity index (χ3v) is 4.33. The lowest BCUT2D eigenvalue weighted by Gasteiger charge is -2.17. The van der Waals surface area contributed by atoms with Gasteiger partial charge >= 0.3 is 5.97 Å². The number of esters is 1. The zero-order valence-electron chi connectivity index (χ0n) is 11.7. The maximum atomic E-state index is 12.1. The highest BCUT2D eigenvalue weighted by Crippen LogP contribution is 2.22. The first-order valence-corrected chi connectivity index (χ1v) is 8.11. The van der Waals surface area contributed by atoms with Crippen molar-refractivity contribution in [2.24, 2.45) is 0 Å². The molecule has 0 bridgehead atoms. The Kier molecular flexibility index (Phi) is 5.65. The van der Waals surface area contributed by atoms with Crippen LogP contribution in [-0.2, 0) is 9.53 Å². The number of rotatable bonds is 4. The minimum Gasteiger partial charge on any atom is -0.449 e. The van der Waals surface area contributed by atoms with Crippen molar-refractivity contribution < 1.29 is 14.3 Å². The topological polar surface area (TPSA) is 55.4 Å². The first-order chi connectivity index (χ1) is 9.97. The number of nitrogens with one attached hydrogen (secondary N) is 1. The minimum absolute atomic E-state index is 0.202. The van der Waals surface area contributed by atoms with Crippen molar-refractivity contribution in [3.8, 4) is 0 Å². The molecular formula is C15H17BrClNO3. The molecule has 1 aromatic carbocycles. The van der Waals surface area contributed by atoms with Gasteiger partial charge < -0.3 is 10.1 Å². The first kappa shape index (κ1) is 16.3. The summed E-state index contributed by atoms with van der Waals surface area (Å²) in [4.78, 5) is 24.0. The summed E-state index contributed by atoms with van der Waals surface area (Å²) in [7, 11) is 0. The van der Waals surface area contributed by atoms with Gasteiger partial charge in [0.15, 0.2) is 6.10 Å². The molecule has 0 saturated heterocycles. The van der Waals surface area contributed by atoms with Gasteiger partial charge in [-0.1, -0.05) is 40.4 Å². The summed E-state index contributed by atoms with van der Waals surface area (Å²) >= 11 is 9.24. The Balaban J connectivity index is 1.94. The standard InChI is InChI=1S/C15H17BrClNO3/c1-9(14(19)18-11-4-2-3-5-11)21-15(20)12-8-10(16)6-7-13(12)17/h6-9,11H,2-5H2,1H3,(H,18,19)/t9-/m1/s1. The molecule has 1 aliphatic rings. The molecule has 1 atom stereocenters. The lowest BCUT2D eigenvalue weighted by molar-refractivity contribution is -0.129. The summed E-state index contributed by atoms with van der Waals surface area (Å²) < 4.78 is 5.91. The van der Waals surface area contributed by atoms with Crippen molar-refractivity contribution in [2.45, 2.75) is 44.8 Å². The fourth-order valence-corrected chi connectivity index (χ4v) is 2.88. The predicted molar refractivity (Wildman–Crippen MR) is 84.4 cm³/mol. The van der Waals surface area contributed by atoms with E-state index in [1.54, 1.807) is 25.1 Å². The second-order valence-electron chi connectivity index (χ2n) is 5.16. The van der Waals surface area contributed by atoms with Gasteiger partial charge in [0.1, 0.15) is 0 Å². The van der Waals surface area contributed by atoms with Crippen LogP contribution in [0.15, 0.2) is 22.7 Å². The molecule has 21 heavy (non-hydrogen) atoms. The van der Waals surface area contributed by atoms with Gasteiger partial charge in [0.05, 0.1) is 10.6 Å². The number of carbonyl (C=O) groups excluding carboxylic acids is 2. The zero-order chi connectivity index (χ0) is 15.4. The van der Waals surface area contributed by atoms with E-state index < -0.39 is 12.1 Å². The third kappa shape index (κ3) is 4.45. The van der Waals surface area contributed by atoms with Crippen LogP contribution in [-0.4, -0.2) is 24.0 Å². The van der Waals surface area contributed by atoms with Crippen LogP contribution in [0.5, 0.6) is 0 Å². The summed E-state index contributed by atoms with van der Waals surface area (Å²) in [6, 6.07) is 5.11. The number of amides is 1. The van der Waals surface area contributed by atoms with Crippen LogP contribution in [0.2, 0.25) is 5.02 Å². The van der Waals surface area contributed by atoms with Gasteiger partial charge in [0.25, 0.3) is 5.91 Å². The molecule has 0 unspecified atom stereocenters. The number of benzene rings is 1. The molecule has 0 radical (unpaired) electrons. The molecule has 4 nitrogen and oxygen atoms in total. The van der Waals surface area contributed by atoms with Crippen LogP contribution in [0.1, 0.15) is 43.0 Å². The van der Waals surface area contributed by atoms with Gasteiger partial charge in [0, 0.05) is 10.5 Å². The number of hydrogen-bond acceptors (Lipinski definition) is 3. The van der Waals surface area contributed by atoms with E-state index in [-0.39, 0.29) is 17.5 Å². The van der Waals surface area contributed by atoms with Gasteiger partial charge in [0.2, 0.25) is 0 Å². The summed E-state index contributed by atoms with van der Waals surface area (Å²) in [6.07, 6.45) is 3.40. The van der Waals surface area contributed by atoms with Gasteiger partial charge in [-0.2, -0.15) is 0 Å². The first-order valence-electron chi connectivity index (χ1n) is 6.94. The molecule has 0 aliphatic heterocycles. The van der Waals surface area contributed by atoms with E-state index in [0.717, 1.165) is 30.2 Å². The molecule has 2 rings (SSSR count). The molecule has 114 valence electrons. The molecular weight excluding hydrogens is 358 g/mol. The quantitative estimate of drug-likeness (QED) is 0.818. The highest BCUT2D eigenvalue weighted by molar-refractivity contribution is 9.10. The summed E-state index contributed by atoms with van der Waals surface area (Å²) in [5.41, 5.74) is 0.242. The molecule has 6 heteroatoms. The second-order valence-corrected chi connectivity index (χ2v) is 6.48. The number of ether oxygens (including phenoxy) is 1. The van der Waals surface area contributed by atoms with Gasteiger partial charge in [-0.05, 0) is 38.0 Å². The molecule has 1 fully saturated rings. The molecule has 1 aliphatic carbocycles. The van der Waals surface area contributed by atoms with Crippen LogP contribution < -0.4 is 5.32 Å². The van der Waals surface area contributed by atoms with Crippen LogP contribution in [0.3, 0.4) is 0 Å². The highest BCUT2D eigenvalue weighted by Gasteiger charge is 2.24. The average molecular weight is 375 g/mol. The van der Waals surface area contributed by atoms with Crippen molar-refractivity contribution >= 4 is 39.4 Å². The highest BCUT2D eigenvalue weighted by atomic mass is 79.9. The molecule has 0 heterocycles. The van der Waals surface area contributed by atoms with E-state index in [1.165, 1.54) is 0 Å². The van der Waals surface area contributed by atoms with E-state index in [9.17, 15) is 9.59 Å². The smallest absolute Gasteiger partial charge is 0.340 e. The molecule has 1 N–H and O–H groups in total. The van der Waals surface area contributed by atoms with E-state index in [2.05, 4.69) is 21.2 Å². The van der Waals surface area contributed by atoms with Crippen molar-refractivity contribution in [3.05, 3.63) is 33.3 Å². The molecule has 1 amide bonds. The monoisotopic (exact) mass is 373 g/mol. The van der Waals surface area contributed by atoms with Gasteiger partial charge in [-0.3, -0.25) is 4.79 Å². The van der Waals surface area contributed by atoms with Crippen molar-refractivity contribution in [3.63, 3.8) is 0 Å². The Morgan fingerprint density at radius 3 is 2.71 bits per heavy atom. The van der Waals surface area contributed by atoms with E-state index in [1.807, 2.05) is 0 Å². The Morgan fingerprint density at radius 1 is 1.38 bits per heavy atom. The maximum Gasteiger partial charge on any atom is 0.340 e. The van der Waals surface area contributed by atoms with Gasteiger partial charge in [-0.15, -0.1) is 0 Å². The minimum atomic E-state index is -0.840. The average Bonchev–Trinajstić information content (AvgIpc) is 2.94. The predicted octanol–water partition coefficient (Wildman–Crippen LogP) is 3.71. The lowest BCUT2D eigenvalue weighted by atomic mass is 10.2. The summed E-state index contributed by atoms with van der Waals surface area (Å²) in [5.74, 6) is -0.864. The van der Waals surface area contributed by atoms with Crippen LogP contribution in [0.25, 0.3) is 0 Å². The lowest BCUT2D eigenvalue weighted by Crippen LogP contribution is -2.40. The Morgan fingerprint density at radius 2 is 2.05 bits per heavy atom. The Bertz CT molecular complexity index is 544. The second kappa shape index (κ2) is 7.27. The molecule has 0 spiro atoms. The van der Waals surface area contributed by atoms with E-state index in [4.69, 9.17) is 16.3 Å². The van der Waals surface area contributed by atoms with Crippen LogP contribution >= 0.6 is 27.5 Å². The zero-order valence-corrected chi connectivity index (χ0v) is 14.0. The van der Waals surface area contributed by atoms with Gasteiger partial charge in [-0.25, -0.2) is 4.79 Å². The van der Waals surface area contributed by atoms with Crippen LogP contribution in [0, 0.1) is 0 Å². The Labute approximate surface area is 137 Å². The van der Waals surface area contributed by atoms with Crippen molar-refractivity contribution in [1.29, 1.82) is 0 Å². The molecule has 0 aromatic heterocycles. The fraction of sp³-hybridized carbons (Fsp3) is 0.467. The van der Waals surface area contributed by atoms with Crippen molar-refractivity contribution in [2.75, 3.05) is 0 Å². The largest absolute Gasteiger partial charge is 0.449 e. The number of hydrogen-bond donors (Lipinski definition) is 1. The number of carbonyl (C=O) groups is 2. The van der Waals surface area contributed by atoms with Crippen LogP contribution in [0.4, 0.5) is 0 Å². The SMILES string of the molecule is C[C@@H](OC(=O)c1cc(Br)ccc1Cl)C(=O)NC1CCCC1. The molecule has 1 aromatic rings. The van der Waals surface area contributed by atoms with Crippen molar-refractivity contribution in [1.82, 2.24) is 5.32 Å². The summed E-state index contributed by atoms with van der Waals surface area (Å²) in [6.45, 7) is 1.56. The third-order valence-electron chi connectivity index (χ3n) is 3.50. The van der Waals surface area contributed by atoms with E-state index in [0.29, 0.717) is 5.02 Å².